The summed E-state index contributed by atoms with van der Waals surface area (Å²) >= 11 is 9.10. The predicted octanol–water partition coefficient (Wildman–Crippen LogP) is 3.42. The molecule has 0 saturated carbocycles. The van der Waals surface area contributed by atoms with Crippen molar-refractivity contribution >= 4 is 39.3 Å². The van der Waals surface area contributed by atoms with E-state index in [-0.39, 0.29) is 12.5 Å². The second-order valence-electron chi connectivity index (χ2n) is 3.74. The first kappa shape index (κ1) is 13.9. The average Bonchev–Trinajstić information content (AvgIpc) is 2.73. The van der Waals surface area contributed by atoms with Crippen molar-refractivity contribution in [3.05, 3.63) is 39.5 Å². The van der Waals surface area contributed by atoms with Crippen molar-refractivity contribution in [1.82, 2.24) is 5.16 Å². The number of aryl methyl sites for hydroxylation is 1. The van der Waals surface area contributed by atoms with Crippen molar-refractivity contribution in [3.8, 4) is 5.75 Å². The lowest BCUT2D eigenvalue weighted by atomic mass is 10.3. The van der Waals surface area contributed by atoms with Crippen LogP contribution in [0.2, 0.25) is 5.02 Å². The minimum Gasteiger partial charge on any atom is -0.483 e. The standard InChI is InChI=1S/C12H10BrClN2O3/c1-7-4-12(19-16-7)15-11(17)6-18-10-3-2-8(14)5-9(10)13/h2-5H,6H2,1H3,(H,15,17). The second-order valence-corrected chi connectivity index (χ2v) is 5.03. The molecule has 7 heteroatoms. The van der Waals surface area contributed by atoms with Crippen molar-refractivity contribution in [3.63, 3.8) is 0 Å². The predicted molar refractivity (Wildman–Crippen MR) is 74.5 cm³/mol. The molecule has 0 radical (unpaired) electrons. The molecule has 0 fully saturated rings. The Kier molecular flexibility index (Phi) is 4.44. The molecule has 0 aliphatic heterocycles. The van der Waals surface area contributed by atoms with E-state index < -0.39 is 0 Å². The molecule has 1 heterocycles. The van der Waals surface area contributed by atoms with E-state index in [1.54, 1.807) is 31.2 Å². The molecule has 5 nitrogen and oxygen atoms in total. The Morgan fingerprint density at radius 2 is 2.32 bits per heavy atom. The van der Waals surface area contributed by atoms with E-state index in [9.17, 15) is 4.79 Å². The maximum Gasteiger partial charge on any atom is 0.264 e. The number of halogens is 2. The first-order valence-electron chi connectivity index (χ1n) is 5.35. The molecular weight excluding hydrogens is 336 g/mol. The Bertz CT molecular complexity index is 600. The topological polar surface area (TPSA) is 64.4 Å². The van der Waals surface area contributed by atoms with Crippen molar-refractivity contribution in [2.75, 3.05) is 11.9 Å². The van der Waals surface area contributed by atoms with Crippen LogP contribution in [0.1, 0.15) is 5.69 Å². The lowest BCUT2D eigenvalue weighted by Crippen LogP contribution is -2.19. The molecule has 19 heavy (non-hydrogen) atoms. The smallest absolute Gasteiger partial charge is 0.264 e. The summed E-state index contributed by atoms with van der Waals surface area (Å²) in [5, 5.41) is 6.77. The van der Waals surface area contributed by atoms with Crippen LogP contribution in [0.3, 0.4) is 0 Å². The third-order valence-corrected chi connectivity index (χ3v) is 3.00. The van der Waals surface area contributed by atoms with Gasteiger partial charge in [-0.2, -0.15) is 0 Å². The average molecular weight is 346 g/mol. The number of anilines is 1. The van der Waals surface area contributed by atoms with Gasteiger partial charge >= 0.3 is 0 Å². The van der Waals surface area contributed by atoms with Gasteiger partial charge in [-0.1, -0.05) is 16.8 Å². The molecule has 1 aromatic heterocycles. The van der Waals surface area contributed by atoms with E-state index in [1.165, 1.54) is 0 Å². The number of benzene rings is 1. The van der Waals surface area contributed by atoms with Crippen molar-refractivity contribution in [2.24, 2.45) is 0 Å². The number of rotatable bonds is 4. The molecular formula is C12H10BrClN2O3. The Morgan fingerprint density at radius 1 is 1.53 bits per heavy atom. The summed E-state index contributed by atoms with van der Waals surface area (Å²) in [5.74, 6) is 0.493. The monoisotopic (exact) mass is 344 g/mol. The van der Waals surface area contributed by atoms with E-state index in [4.69, 9.17) is 20.9 Å². The summed E-state index contributed by atoms with van der Waals surface area (Å²) in [6.45, 7) is 1.63. The summed E-state index contributed by atoms with van der Waals surface area (Å²) in [7, 11) is 0. The van der Waals surface area contributed by atoms with Crippen molar-refractivity contribution in [1.29, 1.82) is 0 Å². The third-order valence-electron chi connectivity index (χ3n) is 2.14. The molecule has 0 aliphatic rings. The summed E-state index contributed by atoms with van der Waals surface area (Å²) < 4.78 is 10.9. The first-order valence-corrected chi connectivity index (χ1v) is 6.53. The minimum absolute atomic E-state index is 0.139. The van der Waals surface area contributed by atoms with Gasteiger partial charge in [0.1, 0.15) is 5.75 Å². The fourth-order valence-electron chi connectivity index (χ4n) is 1.33. The number of hydrogen-bond acceptors (Lipinski definition) is 4. The maximum absolute atomic E-state index is 11.6. The van der Waals surface area contributed by atoms with Gasteiger partial charge in [-0.25, -0.2) is 0 Å². The van der Waals surface area contributed by atoms with E-state index in [1.807, 2.05) is 0 Å². The molecule has 0 bridgehead atoms. The minimum atomic E-state index is -0.335. The highest BCUT2D eigenvalue weighted by Gasteiger charge is 2.09. The van der Waals surface area contributed by atoms with Crippen LogP contribution in [0.25, 0.3) is 0 Å². The van der Waals surface area contributed by atoms with Crippen LogP contribution in [0.4, 0.5) is 5.88 Å². The number of ether oxygens (including phenoxy) is 1. The summed E-state index contributed by atoms with van der Waals surface area (Å²) in [5.41, 5.74) is 0.691. The fourth-order valence-corrected chi connectivity index (χ4v) is 2.13. The van der Waals surface area contributed by atoms with Crippen LogP contribution >= 0.6 is 27.5 Å². The number of aromatic nitrogens is 1. The van der Waals surface area contributed by atoms with Gasteiger partial charge in [-0.05, 0) is 41.1 Å². The Balaban J connectivity index is 1.89. The SMILES string of the molecule is Cc1cc(NC(=O)COc2ccc(Cl)cc2Br)on1. The number of carbonyl (C=O) groups is 1. The van der Waals surface area contributed by atoms with Crippen LogP contribution in [0, 0.1) is 6.92 Å². The Hall–Kier alpha value is -1.53. The van der Waals surface area contributed by atoms with Gasteiger partial charge < -0.3 is 9.26 Å². The molecule has 100 valence electrons. The Labute approximate surface area is 123 Å². The number of nitrogens with zero attached hydrogens (tertiary/aromatic N) is 1. The van der Waals surface area contributed by atoms with Gasteiger partial charge in [0.2, 0.25) is 5.88 Å². The quantitative estimate of drug-likeness (QED) is 0.922. The summed E-state index contributed by atoms with van der Waals surface area (Å²) in [4.78, 5) is 11.6. The highest BCUT2D eigenvalue weighted by molar-refractivity contribution is 9.10. The fraction of sp³-hybridized carbons (Fsp3) is 0.167. The van der Waals surface area contributed by atoms with Crippen LogP contribution in [-0.4, -0.2) is 17.7 Å². The summed E-state index contributed by atoms with van der Waals surface area (Å²) in [6.07, 6.45) is 0. The zero-order chi connectivity index (χ0) is 13.8. The Morgan fingerprint density at radius 3 is 2.95 bits per heavy atom. The molecule has 0 spiro atoms. The highest BCUT2D eigenvalue weighted by atomic mass is 79.9. The van der Waals surface area contributed by atoms with Crippen LogP contribution in [-0.2, 0) is 4.79 Å². The molecule has 2 rings (SSSR count). The molecule has 1 amide bonds. The largest absolute Gasteiger partial charge is 0.483 e. The molecule has 2 aromatic rings. The van der Waals surface area contributed by atoms with Crippen LogP contribution in [0.5, 0.6) is 5.75 Å². The number of hydrogen-bond donors (Lipinski definition) is 1. The first-order chi connectivity index (χ1) is 9.04. The third kappa shape index (κ3) is 3.97. The second kappa shape index (κ2) is 6.08. The van der Waals surface area contributed by atoms with Crippen molar-refractivity contribution < 1.29 is 14.1 Å². The van der Waals surface area contributed by atoms with Crippen LogP contribution < -0.4 is 10.1 Å². The maximum atomic E-state index is 11.6. The molecule has 1 aromatic carbocycles. The molecule has 0 aliphatic carbocycles. The van der Waals surface area contributed by atoms with E-state index in [0.717, 1.165) is 0 Å². The van der Waals surface area contributed by atoms with E-state index >= 15 is 0 Å². The molecule has 1 N–H and O–H groups in total. The molecule has 0 saturated heterocycles. The number of amides is 1. The van der Waals surface area contributed by atoms with Gasteiger partial charge in [-0.15, -0.1) is 0 Å². The normalized spacial score (nSPS) is 10.3. The lowest BCUT2D eigenvalue weighted by Gasteiger charge is -2.07. The highest BCUT2D eigenvalue weighted by Crippen LogP contribution is 2.27. The van der Waals surface area contributed by atoms with Gasteiger partial charge in [0.05, 0.1) is 10.2 Å². The molecule has 0 atom stereocenters. The van der Waals surface area contributed by atoms with Gasteiger partial charge in [0.15, 0.2) is 6.61 Å². The van der Waals surface area contributed by atoms with E-state index in [0.29, 0.717) is 26.8 Å². The van der Waals surface area contributed by atoms with Gasteiger partial charge in [-0.3, -0.25) is 10.1 Å². The zero-order valence-corrected chi connectivity index (χ0v) is 12.3. The lowest BCUT2D eigenvalue weighted by molar-refractivity contribution is -0.118. The number of carbonyl (C=O) groups excluding carboxylic acids is 1. The van der Waals surface area contributed by atoms with Gasteiger partial charge in [0, 0.05) is 11.1 Å². The van der Waals surface area contributed by atoms with Crippen molar-refractivity contribution in [2.45, 2.75) is 6.92 Å². The zero-order valence-electron chi connectivity index (χ0n) is 9.94. The van der Waals surface area contributed by atoms with Gasteiger partial charge in [0.25, 0.3) is 5.91 Å². The summed E-state index contributed by atoms with van der Waals surface area (Å²) in [6, 6.07) is 6.67. The van der Waals surface area contributed by atoms with Crippen LogP contribution in [0.15, 0.2) is 33.3 Å². The molecule has 0 unspecified atom stereocenters. The number of nitrogens with one attached hydrogen (secondary N) is 1. The van der Waals surface area contributed by atoms with E-state index in [2.05, 4.69) is 26.4 Å².